The Labute approximate surface area is 205 Å². The summed E-state index contributed by atoms with van der Waals surface area (Å²) in [7, 11) is -4.07. The summed E-state index contributed by atoms with van der Waals surface area (Å²) in [6.45, 7) is 3.50. The van der Waals surface area contributed by atoms with Crippen LogP contribution in [0.15, 0.2) is 83.8 Å². The van der Waals surface area contributed by atoms with E-state index in [4.69, 9.17) is 10.5 Å². The summed E-state index contributed by atoms with van der Waals surface area (Å²) in [5, 5.41) is 0. The number of hydrogen-bond donors (Lipinski definition) is 1. The molecule has 35 heavy (non-hydrogen) atoms. The number of carbonyl (C=O) groups is 2. The molecule has 0 aromatic heterocycles. The van der Waals surface area contributed by atoms with Crippen LogP contribution < -0.4 is 19.7 Å². The minimum absolute atomic E-state index is 0.0677. The van der Waals surface area contributed by atoms with Gasteiger partial charge in [-0.15, -0.1) is 0 Å². The van der Waals surface area contributed by atoms with E-state index in [1.54, 1.807) is 54.6 Å². The second-order valence-electron chi connectivity index (χ2n) is 8.55. The van der Waals surface area contributed by atoms with Crippen LogP contribution in [0.25, 0.3) is 0 Å². The number of carbonyl (C=O) groups excluding carboxylic acids is 2. The molecule has 1 atom stereocenters. The van der Waals surface area contributed by atoms with Gasteiger partial charge in [-0.05, 0) is 47.9 Å². The maximum Gasteiger partial charge on any atom is 0.264 e. The third kappa shape index (κ3) is 5.00. The lowest BCUT2D eigenvalue weighted by molar-refractivity contribution is -0.125. The van der Waals surface area contributed by atoms with E-state index in [0.717, 1.165) is 9.87 Å². The zero-order chi connectivity index (χ0) is 25.2. The summed E-state index contributed by atoms with van der Waals surface area (Å²) in [5.74, 6) is -0.634. The van der Waals surface area contributed by atoms with Gasteiger partial charge in [-0.3, -0.25) is 13.9 Å². The van der Waals surface area contributed by atoms with Gasteiger partial charge in [-0.1, -0.05) is 56.3 Å². The summed E-state index contributed by atoms with van der Waals surface area (Å²) in [4.78, 5) is 26.9. The Bertz CT molecular complexity index is 1320. The largest absolute Gasteiger partial charge is 0.477 e. The molecule has 1 aliphatic rings. The zero-order valence-electron chi connectivity index (χ0n) is 19.5. The number of amides is 2. The number of fused-ring (bicyclic) bond motifs is 1. The fraction of sp³-hybridized carbons (Fsp3) is 0.231. The summed E-state index contributed by atoms with van der Waals surface area (Å²) < 4.78 is 34.0. The predicted octanol–water partition coefficient (Wildman–Crippen LogP) is 3.28. The van der Waals surface area contributed by atoms with Gasteiger partial charge < -0.3 is 15.4 Å². The third-order valence-corrected chi connectivity index (χ3v) is 7.64. The van der Waals surface area contributed by atoms with Crippen LogP contribution in [-0.4, -0.2) is 39.4 Å². The molecule has 3 aromatic rings. The summed E-state index contributed by atoms with van der Waals surface area (Å²) in [6, 6.07) is 21.8. The van der Waals surface area contributed by atoms with Crippen molar-refractivity contribution in [3.63, 3.8) is 0 Å². The number of rotatable bonds is 7. The number of benzene rings is 3. The molecule has 1 unspecified atom stereocenters. The van der Waals surface area contributed by atoms with E-state index in [-0.39, 0.29) is 17.4 Å². The Morgan fingerprint density at radius 2 is 1.63 bits per heavy atom. The second kappa shape index (κ2) is 9.79. The number of nitrogens with zero attached hydrogens (tertiary/aromatic N) is 2. The van der Waals surface area contributed by atoms with Crippen LogP contribution in [0.4, 0.5) is 11.4 Å². The van der Waals surface area contributed by atoms with Crippen molar-refractivity contribution >= 4 is 33.2 Å². The zero-order valence-corrected chi connectivity index (χ0v) is 20.3. The molecule has 0 fully saturated rings. The third-order valence-electron chi connectivity index (χ3n) is 5.85. The van der Waals surface area contributed by atoms with Crippen molar-refractivity contribution in [3.05, 3.63) is 84.4 Å². The lowest BCUT2D eigenvalue weighted by Crippen LogP contribution is -2.52. The Hall–Kier alpha value is -3.85. The molecular weight excluding hydrogens is 466 g/mol. The first-order valence-corrected chi connectivity index (χ1v) is 12.7. The molecule has 0 spiro atoms. The molecule has 1 aliphatic heterocycles. The van der Waals surface area contributed by atoms with Gasteiger partial charge >= 0.3 is 0 Å². The molecule has 0 aliphatic carbocycles. The Kier molecular flexibility index (Phi) is 6.79. The quantitative estimate of drug-likeness (QED) is 0.543. The number of nitrogens with two attached hydrogens (primary N) is 1. The van der Waals surface area contributed by atoms with Crippen molar-refractivity contribution in [2.75, 3.05) is 22.3 Å². The van der Waals surface area contributed by atoms with Gasteiger partial charge in [-0.2, -0.15) is 0 Å². The molecule has 1 heterocycles. The van der Waals surface area contributed by atoms with Crippen LogP contribution in [0, 0.1) is 0 Å². The lowest BCUT2D eigenvalue weighted by atomic mass is 10.0. The highest BCUT2D eigenvalue weighted by Crippen LogP contribution is 2.34. The van der Waals surface area contributed by atoms with Crippen molar-refractivity contribution in [1.82, 2.24) is 0 Å². The van der Waals surface area contributed by atoms with Gasteiger partial charge in [-0.25, -0.2) is 8.42 Å². The van der Waals surface area contributed by atoms with Crippen LogP contribution in [0.5, 0.6) is 5.75 Å². The van der Waals surface area contributed by atoms with Gasteiger partial charge in [0.05, 0.1) is 22.8 Å². The van der Waals surface area contributed by atoms with Crippen LogP contribution in [0.1, 0.15) is 25.3 Å². The smallest absolute Gasteiger partial charge is 0.264 e. The van der Waals surface area contributed by atoms with Gasteiger partial charge in [0, 0.05) is 0 Å². The van der Waals surface area contributed by atoms with Gasteiger partial charge in [0.25, 0.3) is 15.9 Å². The van der Waals surface area contributed by atoms with Crippen LogP contribution >= 0.6 is 0 Å². The first-order valence-electron chi connectivity index (χ1n) is 11.2. The number of primary amides is 1. The number of para-hydroxylation sites is 2. The minimum atomic E-state index is -4.07. The monoisotopic (exact) mass is 493 g/mol. The van der Waals surface area contributed by atoms with Crippen LogP contribution in [0.2, 0.25) is 0 Å². The molecule has 2 amide bonds. The number of hydrogen-bond acceptors (Lipinski definition) is 5. The molecule has 8 nitrogen and oxygen atoms in total. The van der Waals surface area contributed by atoms with Crippen molar-refractivity contribution in [1.29, 1.82) is 0 Å². The number of sulfonamides is 1. The van der Waals surface area contributed by atoms with E-state index in [9.17, 15) is 18.0 Å². The number of ether oxygens (including phenoxy) is 1. The molecular formula is C26H27N3O5S. The maximum absolute atomic E-state index is 13.6. The van der Waals surface area contributed by atoms with E-state index >= 15 is 0 Å². The molecule has 182 valence electrons. The van der Waals surface area contributed by atoms with Crippen LogP contribution in [0.3, 0.4) is 0 Å². The predicted molar refractivity (Wildman–Crippen MR) is 134 cm³/mol. The molecule has 3 aromatic carbocycles. The Morgan fingerprint density at radius 1 is 1.00 bits per heavy atom. The van der Waals surface area contributed by atoms with E-state index in [1.165, 1.54) is 17.0 Å². The summed E-state index contributed by atoms with van der Waals surface area (Å²) >= 11 is 0. The van der Waals surface area contributed by atoms with E-state index < -0.39 is 34.5 Å². The molecule has 0 saturated carbocycles. The normalized spacial score (nSPS) is 15.3. The SMILES string of the molecule is CC(C)c1ccc(N(CC(=O)N2CC(C(N)=O)Oc3ccccc32)S(=O)(=O)c2ccccc2)cc1. The Morgan fingerprint density at radius 3 is 2.26 bits per heavy atom. The standard InChI is InChI=1S/C26H27N3O5S/c1-18(2)19-12-14-20(15-13-19)29(35(32,33)21-8-4-3-5-9-21)17-25(30)28-16-24(26(27)31)34-23-11-7-6-10-22(23)28/h3-15,18,24H,16-17H2,1-2H3,(H2,27,31). The maximum atomic E-state index is 13.6. The average Bonchev–Trinajstić information content (AvgIpc) is 2.86. The molecule has 0 radical (unpaired) electrons. The van der Waals surface area contributed by atoms with Crippen molar-refractivity contribution in [3.8, 4) is 5.75 Å². The summed E-state index contributed by atoms with van der Waals surface area (Å²) in [5.41, 5.74) is 7.31. The highest BCUT2D eigenvalue weighted by molar-refractivity contribution is 7.92. The van der Waals surface area contributed by atoms with E-state index in [0.29, 0.717) is 17.1 Å². The average molecular weight is 494 g/mol. The van der Waals surface area contributed by atoms with Crippen molar-refractivity contribution in [2.24, 2.45) is 5.73 Å². The van der Waals surface area contributed by atoms with E-state index in [1.807, 2.05) is 26.0 Å². The second-order valence-corrected chi connectivity index (χ2v) is 10.4. The van der Waals surface area contributed by atoms with Gasteiger partial charge in [0.1, 0.15) is 12.3 Å². The van der Waals surface area contributed by atoms with E-state index in [2.05, 4.69) is 0 Å². The first-order chi connectivity index (χ1) is 16.7. The molecule has 4 rings (SSSR count). The molecule has 0 saturated heterocycles. The van der Waals surface area contributed by atoms with Gasteiger partial charge in [0.2, 0.25) is 5.91 Å². The van der Waals surface area contributed by atoms with Crippen molar-refractivity contribution < 1.29 is 22.7 Å². The molecule has 2 N–H and O–H groups in total. The minimum Gasteiger partial charge on any atom is -0.477 e. The lowest BCUT2D eigenvalue weighted by Gasteiger charge is -2.35. The highest BCUT2D eigenvalue weighted by atomic mass is 32.2. The van der Waals surface area contributed by atoms with Crippen LogP contribution in [-0.2, 0) is 19.6 Å². The Balaban J connectivity index is 1.73. The summed E-state index contributed by atoms with van der Waals surface area (Å²) in [6.07, 6.45) is -1.04. The topological polar surface area (TPSA) is 110 Å². The fourth-order valence-corrected chi connectivity index (χ4v) is 5.32. The molecule has 0 bridgehead atoms. The van der Waals surface area contributed by atoms with Gasteiger partial charge in [0.15, 0.2) is 6.10 Å². The van der Waals surface area contributed by atoms with Crippen molar-refractivity contribution in [2.45, 2.75) is 30.8 Å². The fourth-order valence-electron chi connectivity index (χ4n) is 3.89. The molecule has 9 heteroatoms. The first kappa shape index (κ1) is 24.3. The highest BCUT2D eigenvalue weighted by Gasteiger charge is 2.35. The number of anilines is 2.